The number of nitrogens with zero attached hydrogens (tertiary/aromatic N) is 3. The van der Waals surface area contributed by atoms with Crippen LogP contribution >= 0.6 is 0 Å². The number of sulfone groups is 1. The molecule has 0 aliphatic carbocycles. The summed E-state index contributed by atoms with van der Waals surface area (Å²) < 4.78 is 32.6. The highest BCUT2D eigenvalue weighted by Gasteiger charge is 2.24. The van der Waals surface area contributed by atoms with Crippen LogP contribution in [0, 0.1) is 0 Å². The fourth-order valence-corrected chi connectivity index (χ4v) is 4.64. The van der Waals surface area contributed by atoms with Gasteiger partial charge in [-0.2, -0.15) is 0 Å². The SMILES string of the molecule is CCN(Cc1ccccc1)Cc1cnc(S(=O)(=O)CCOC)n1Cc1ccccc1. The summed E-state index contributed by atoms with van der Waals surface area (Å²) >= 11 is 0. The standard InChI is InChI=1S/C23H29N3O3S/c1-3-25(17-20-10-6-4-7-11-20)19-22-16-24-23(30(27,28)15-14-29-2)26(22)18-21-12-8-5-9-13-21/h4-13,16H,3,14-15,17-19H2,1-2H3. The molecular weight excluding hydrogens is 398 g/mol. The second-order valence-electron chi connectivity index (χ2n) is 7.20. The lowest BCUT2D eigenvalue weighted by atomic mass is 10.2. The average molecular weight is 428 g/mol. The Labute approximate surface area is 179 Å². The first-order valence-electron chi connectivity index (χ1n) is 10.1. The summed E-state index contributed by atoms with van der Waals surface area (Å²) in [5.74, 6) is -0.0871. The van der Waals surface area contributed by atoms with Gasteiger partial charge in [-0.1, -0.05) is 67.6 Å². The van der Waals surface area contributed by atoms with Crippen LogP contribution in [0.1, 0.15) is 23.7 Å². The number of aromatic nitrogens is 2. The zero-order chi connectivity index (χ0) is 21.4. The molecule has 0 N–H and O–H groups in total. The number of hydrogen-bond acceptors (Lipinski definition) is 5. The number of imidazole rings is 1. The molecule has 1 heterocycles. The fourth-order valence-electron chi connectivity index (χ4n) is 3.34. The average Bonchev–Trinajstić information content (AvgIpc) is 3.16. The van der Waals surface area contributed by atoms with Gasteiger partial charge >= 0.3 is 0 Å². The predicted octanol–water partition coefficient (Wildman–Crippen LogP) is 3.37. The third-order valence-electron chi connectivity index (χ3n) is 5.00. The first-order chi connectivity index (χ1) is 14.5. The molecule has 160 valence electrons. The molecule has 1 aromatic heterocycles. The number of methoxy groups -OCH3 is 1. The largest absolute Gasteiger partial charge is 0.384 e. The van der Waals surface area contributed by atoms with Gasteiger partial charge < -0.3 is 9.30 Å². The van der Waals surface area contributed by atoms with Gasteiger partial charge in [0.15, 0.2) is 0 Å². The molecule has 3 rings (SSSR count). The third-order valence-corrected chi connectivity index (χ3v) is 6.59. The highest BCUT2D eigenvalue weighted by molar-refractivity contribution is 7.91. The van der Waals surface area contributed by atoms with E-state index in [9.17, 15) is 8.42 Å². The molecule has 0 amide bonds. The molecule has 0 fully saturated rings. The van der Waals surface area contributed by atoms with Crippen LogP contribution in [0.4, 0.5) is 0 Å². The van der Waals surface area contributed by atoms with Crippen LogP contribution in [0.2, 0.25) is 0 Å². The van der Waals surface area contributed by atoms with Crippen LogP contribution in [0.25, 0.3) is 0 Å². The topological polar surface area (TPSA) is 64.4 Å². The van der Waals surface area contributed by atoms with Crippen LogP contribution in [-0.2, 0) is 34.2 Å². The van der Waals surface area contributed by atoms with E-state index in [2.05, 4.69) is 28.9 Å². The molecule has 0 saturated heterocycles. The molecule has 3 aromatic rings. The lowest BCUT2D eigenvalue weighted by molar-refractivity contribution is 0.217. The van der Waals surface area contributed by atoms with Crippen LogP contribution in [0.5, 0.6) is 0 Å². The zero-order valence-corrected chi connectivity index (χ0v) is 18.4. The van der Waals surface area contributed by atoms with Gasteiger partial charge in [0.2, 0.25) is 15.0 Å². The van der Waals surface area contributed by atoms with Crippen LogP contribution < -0.4 is 0 Å². The second-order valence-corrected chi connectivity index (χ2v) is 9.21. The van der Waals surface area contributed by atoms with Crippen molar-refractivity contribution in [2.75, 3.05) is 26.0 Å². The van der Waals surface area contributed by atoms with E-state index in [1.807, 2.05) is 53.1 Å². The Morgan fingerprint density at radius 1 is 0.967 bits per heavy atom. The minimum atomic E-state index is -3.55. The van der Waals surface area contributed by atoms with E-state index in [1.165, 1.54) is 12.7 Å². The van der Waals surface area contributed by atoms with Crippen molar-refractivity contribution in [2.45, 2.75) is 31.7 Å². The van der Waals surface area contributed by atoms with E-state index >= 15 is 0 Å². The molecule has 0 saturated carbocycles. The minimum Gasteiger partial charge on any atom is -0.384 e. The van der Waals surface area contributed by atoms with Crippen molar-refractivity contribution in [3.8, 4) is 0 Å². The molecule has 2 aromatic carbocycles. The van der Waals surface area contributed by atoms with Crippen molar-refractivity contribution in [3.05, 3.63) is 83.7 Å². The molecule has 7 heteroatoms. The number of benzene rings is 2. The summed E-state index contributed by atoms with van der Waals surface area (Å²) in [6.07, 6.45) is 1.69. The van der Waals surface area contributed by atoms with E-state index in [1.54, 1.807) is 6.20 Å². The number of rotatable bonds is 11. The van der Waals surface area contributed by atoms with Crippen LogP contribution in [-0.4, -0.2) is 48.9 Å². The smallest absolute Gasteiger partial charge is 0.228 e. The molecule has 6 nitrogen and oxygen atoms in total. The maximum Gasteiger partial charge on any atom is 0.228 e. The van der Waals surface area contributed by atoms with Gasteiger partial charge in [-0.15, -0.1) is 0 Å². The summed E-state index contributed by atoms with van der Waals surface area (Å²) in [6.45, 7) is 4.96. The van der Waals surface area contributed by atoms with Gasteiger partial charge in [0.05, 0.1) is 30.8 Å². The molecule has 0 aliphatic heterocycles. The summed E-state index contributed by atoms with van der Waals surface area (Å²) in [7, 11) is -2.05. The van der Waals surface area contributed by atoms with Crippen molar-refractivity contribution in [3.63, 3.8) is 0 Å². The Balaban J connectivity index is 1.90. The summed E-state index contributed by atoms with van der Waals surface area (Å²) in [5.41, 5.74) is 3.14. The zero-order valence-electron chi connectivity index (χ0n) is 17.6. The Kier molecular flexibility index (Phi) is 7.79. The van der Waals surface area contributed by atoms with Crippen LogP contribution in [0.15, 0.2) is 72.0 Å². The summed E-state index contributed by atoms with van der Waals surface area (Å²) in [6, 6.07) is 20.1. The first kappa shape index (κ1) is 22.2. The van der Waals surface area contributed by atoms with Crippen molar-refractivity contribution in [1.29, 1.82) is 0 Å². The van der Waals surface area contributed by atoms with Gasteiger partial charge in [0.1, 0.15) is 0 Å². The molecule has 30 heavy (non-hydrogen) atoms. The molecule has 0 bridgehead atoms. The molecule has 0 radical (unpaired) electrons. The van der Waals surface area contributed by atoms with Crippen molar-refractivity contribution in [1.82, 2.24) is 14.5 Å². The Morgan fingerprint density at radius 3 is 2.20 bits per heavy atom. The maximum atomic E-state index is 12.9. The van der Waals surface area contributed by atoms with Gasteiger partial charge in [-0.05, 0) is 17.7 Å². The van der Waals surface area contributed by atoms with E-state index in [-0.39, 0.29) is 17.5 Å². The molecule has 0 spiro atoms. The molecule has 0 aliphatic rings. The van der Waals surface area contributed by atoms with Gasteiger partial charge in [0, 0.05) is 20.2 Å². The quantitative estimate of drug-likeness (QED) is 0.469. The van der Waals surface area contributed by atoms with Crippen molar-refractivity contribution in [2.24, 2.45) is 0 Å². The highest BCUT2D eigenvalue weighted by atomic mass is 32.2. The molecule has 0 unspecified atom stereocenters. The number of hydrogen-bond donors (Lipinski definition) is 0. The lowest BCUT2D eigenvalue weighted by Gasteiger charge is -2.22. The maximum absolute atomic E-state index is 12.9. The third kappa shape index (κ3) is 5.78. The highest BCUT2D eigenvalue weighted by Crippen LogP contribution is 2.18. The van der Waals surface area contributed by atoms with Crippen molar-refractivity contribution >= 4 is 9.84 Å². The van der Waals surface area contributed by atoms with Crippen LogP contribution in [0.3, 0.4) is 0 Å². The van der Waals surface area contributed by atoms with E-state index < -0.39 is 9.84 Å². The van der Waals surface area contributed by atoms with E-state index in [4.69, 9.17) is 4.74 Å². The van der Waals surface area contributed by atoms with Gasteiger partial charge in [-0.3, -0.25) is 4.90 Å². The summed E-state index contributed by atoms with van der Waals surface area (Å²) in [4.78, 5) is 6.60. The second kappa shape index (κ2) is 10.5. The fraction of sp³-hybridized carbons (Fsp3) is 0.348. The number of ether oxygens (including phenoxy) is 1. The van der Waals surface area contributed by atoms with E-state index in [0.717, 1.165) is 24.3 Å². The van der Waals surface area contributed by atoms with Gasteiger partial charge in [0.25, 0.3) is 0 Å². The lowest BCUT2D eigenvalue weighted by Crippen LogP contribution is -2.25. The first-order valence-corrected chi connectivity index (χ1v) is 11.7. The summed E-state index contributed by atoms with van der Waals surface area (Å²) in [5, 5.41) is 0.106. The Hall–Kier alpha value is -2.48. The predicted molar refractivity (Wildman–Crippen MR) is 118 cm³/mol. The Morgan fingerprint density at radius 2 is 1.60 bits per heavy atom. The van der Waals surface area contributed by atoms with Gasteiger partial charge in [-0.25, -0.2) is 13.4 Å². The van der Waals surface area contributed by atoms with E-state index in [0.29, 0.717) is 13.1 Å². The Bertz CT molecular complexity index is 1020. The molecule has 0 atom stereocenters. The monoisotopic (exact) mass is 427 g/mol. The minimum absolute atomic E-state index is 0.0871. The van der Waals surface area contributed by atoms with Crippen molar-refractivity contribution < 1.29 is 13.2 Å². The molecular formula is C23H29N3O3S. The normalized spacial score (nSPS) is 11.8.